The van der Waals surface area contributed by atoms with Gasteiger partial charge in [0.2, 0.25) is 0 Å². The van der Waals surface area contributed by atoms with Crippen LogP contribution in [0.1, 0.15) is 17.0 Å². The van der Waals surface area contributed by atoms with E-state index in [-0.39, 0.29) is 0 Å². The zero-order chi connectivity index (χ0) is 19.2. The minimum Gasteiger partial charge on any atom is -0.489 e. The van der Waals surface area contributed by atoms with E-state index in [4.69, 9.17) is 16.3 Å². The minimum absolute atomic E-state index is 0.534. The number of rotatable bonds is 8. The third kappa shape index (κ3) is 4.91. The van der Waals surface area contributed by atoms with Crippen LogP contribution in [0.5, 0.6) is 5.75 Å². The number of nitrogens with zero attached hydrogens (tertiary/aromatic N) is 1. The number of hydrogen-bond donors (Lipinski definition) is 2. The van der Waals surface area contributed by atoms with Crippen LogP contribution in [0.3, 0.4) is 0 Å². The first-order valence-corrected chi connectivity index (χ1v) is 9.74. The van der Waals surface area contributed by atoms with E-state index >= 15 is 0 Å². The van der Waals surface area contributed by atoms with Crippen molar-refractivity contribution in [3.63, 3.8) is 0 Å². The molecule has 0 saturated heterocycles. The van der Waals surface area contributed by atoms with E-state index in [1.165, 1.54) is 5.56 Å². The van der Waals surface area contributed by atoms with Crippen molar-refractivity contribution in [3.8, 4) is 5.75 Å². The number of fused-ring (bicyclic) bond motifs is 1. The van der Waals surface area contributed by atoms with Crippen molar-refractivity contribution in [3.05, 3.63) is 94.8 Å². The summed E-state index contributed by atoms with van der Waals surface area (Å²) in [6.07, 6.45) is 0.872. The fourth-order valence-corrected chi connectivity index (χ4v) is 3.14. The Morgan fingerprint density at radius 3 is 2.43 bits per heavy atom. The molecule has 1 heterocycles. The van der Waals surface area contributed by atoms with Gasteiger partial charge in [-0.25, -0.2) is 4.98 Å². The van der Waals surface area contributed by atoms with Crippen molar-refractivity contribution in [2.24, 2.45) is 0 Å². The summed E-state index contributed by atoms with van der Waals surface area (Å²) >= 11 is 5.90. The molecule has 0 aliphatic rings. The summed E-state index contributed by atoms with van der Waals surface area (Å²) < 4.78 is 5.82. The van der Waals surface area contributed by atoms with Crippen LogP contribution in [0.4, 0.5) is 0 Å². The maximum absolute atomic E-state index is 5.90. The zero-order valence-electron chi connectivity index (χ0n) is 15.5. The molecular formula is C23H22ClN3O. The van der Waals surface area contributed by atoms with Crippen LogP contribution >= 0.6 is 11.6 Å². The highest BCUT2D eigenvalue weighted by molar-refractivity contribution is 6.30. The first-order chi connectivity index (χ1) is 13.8. The molecule has 0 saturated carbocycles. The lowest BCUT2D eigenvalue weighted by Crippen LogP contribution is -2.17. The van der Waals surface area contributed by atoms with Gasteiger partial charge in [0.25, 0.3) is 0 Å². The molecule has 2 N–H and O–H groups in total. The van der Waals surface area contributed by atoms with Gasteiger partial charge in [-0.1, -0.05) is 48.0 Å². The lowest BCUT2D eigenvalue weighted by Gasteiger charge is -2.08. The van der Waals surface area contributed by atoms with Gasteiger partial charge >= 0.3 is 0 Å². The van der Waals surface area contributed by atoms with Gasteiger partial charge in [0.1, 0.15) is 18.2 Å². The van der Waals surface area contributed by atoms with Crippen molar-refractivity contribution >= 4 is 22.6 Å². The van der Waals surface area contributed by atoms with Gasteiger partial charge in [0.05, 0.1) is 11.0 Å². The molecule has 5 heteroatoms. The smallest absolute Gasteiger partial charge is 0.119 e. The molecule has 1 aromatic heterocycles. The van der Waals surface area contributed by atoms with E-state index in [2.05, 4.69) is 33.5 Å². The largest absolute Gasteiger partial charge is 0.489 e. The molecule has 0 spiro atoms. The topological polar surface area (TPSA) is 49.9 Å². The molecular weight excluding hydrogens is 370 g/mol. The Hall–Kier alpha value is -2.82. The summed E-state index contributed by atoms with van der Waals surface area (Å²) in [5.74, 6) is 1.88. The Balaban J connectivity index is 1.21. The molecule has 142 valence electrons. The Bertz CT molecular complexity index is 993. The first kappa shape index (κ1) is 18.5. The average molecular weight is 392 g/mol. The molecule has 0 unspecified atom stereocenters. The van der Waals surface area contributed by atoms with Gasteiger partial charge in [-0.2, -0.15) is 0 Å². The highest BCUT2D eigenvalue weighted by Crippen LogP contribution is 2.16. The SMILES string of the molecule is Clc1ccc(COc2ccc(CNCCc3nc4ccccc4[nH]3)cc2)cc1. The number of benzene rings is 3. The molecule has 0 radical (unpaired) electrons. The van der Waals surface area contributed by atoms with Crippen LogP contribution in [0.15, 0.2) is 72.8 Å². The second kappa shape index (κ2) is 8.91. The van der Waals surface area contributed by atoms with E-state index in [0.717, 1.165) is 52.7 Å². The quantitative estimate of drug-likeness (QED) is 0.409. The predicted octanol–water partition coefficient (Wildman–Crippen LogP) is 5.13. The van der Waals surface area contributed by atoms with Crippen LogP contribution in [-0.4, -0.2) is 16.5 Å². The van der Waals surface area contributed by atoms with Gasteiger partial charge in [-0.3, -0.25) is 0 Å². The zero-order valence-corrected chi connectivity index (χ0v) is 16.2. The summed E-state index contributed by atoms with van der Waals surface area (Å²) in [5, 5.41) is 4.20. The Kier molecular flexibility index (Phi) is 5.90. The summed E-state index contributed by atoms with van der Waals surface area (Å²) in [6.45, 7) is 2.22. The summed E-state index contributed by atoms with van der Waals surface area (Å²) in [4.78, 5) is 7.96. The third-order valence-corrected chi connectivity index (χ3v) is 4.80. The van der Waals surface area contributed by atoms with Gasteiger partial charge in [0, 0.05) is 24.5 Å². The Labute approximate surface area is 169 Å². The average Bonchev–Trinajstić information content (AvgIpc) is 3.14. The Morgan fingerprint density at radius 1 is 0.893 bits per heavy atom. The standard InChI is InChI=1S/C23H22ClN3O/c24-19-9-5-18(6-10-19)16-28-20-11-7-17(8-12-20)15-25-14-13-23-26-21-3-1-2-4-22(21)27-23/h1-12,25H,13-16H2,(H,26,27). The van der Waals surface area contributed by atoms with E-state index in [1.54, 1.807) is 0 Å². The van der Waals surface area contributed by atoms with Crippen molar-refractivity contribution in [1.82, 2.24) is 15.3 Å². The maximum Gasteiger partial charge on any atom is 0.119 e. The number of aromatic nitrogens is 2. The number of hydrogen-bond acceptors (Lipinski definition) is 3. The van der Waals surface area contributed by atoms with Crippen molar-refractivity contribution in [1.29, 1.82) is 0 Å². The monoisotopic (exact) mass is 391 g/mol. The van der Waals surface area contributed by atoms with Crippen LogP contribution in [0.2, 0.25) is 5.02 Å². The first-order valence-electron chi connectivity index (χ1n) is 9.37. The van der Waals surface area contributed by atoms with Crippen LogP contribution in [0.25, 0.3) is 11.0 Å². The van der Waals surface area contributed by atoms with Gasteiger partial charge < -0.3 is 15.0 Å². The summed E-state index contributed by atoms with van der Waals surface area (Å²) in [5.41, 5.74) is 4.43. The van der Waals surface area contributed by atoms with Gasteiger partial charge in [0.15, 0.2) is 0 Å². The number of para-hydroxylation sites is 2. The normalized spacial score (nSPS) is 11.0. The number of H-pyrrole nitrogens is 1. The van der Waals surface area contributed by atoms with Crippen LogP contribution < -0.4 is 10.1 Å². The van der Waals surface area contributed by atoms with Gasteiger partial charge in [-0.05, 0) is 47.5 Å². The number of aromatic amines is 1. The molecule has 0 amide bonds. The fraction of sp³-hybridized carbons (Fsp3) is 0.174. The molecule has 0 aliphatic heterocycles. The lowest BCUT2D eigenvalue weighted by atomic mass is 10.2. The predicted molar refractivity (Wildman–Crippen MR) is 114 cm³/mol. The molecule has 4 rings (SSSR count). The number of ether oxygens (including phenoxy) is 1. The molecule has 4 aromatic rings. The Morgan fingerprint density at radius 2 is 1.64 bits per heavy atom. The second-order valence-electron chi connectivity index (χ2n) is 6.69. The summed E-state index contributed by atoms with van der Waals surface area (Å²) in [6, 6.07) is 24.0. The molecule has 4 nitrogen and oxygen atoms in total. The molecule has 0 fully saturated rings. The van der Waals surface area contributed by atoms with E-state index in [1.807, 2.05) is 54.6 Å². The molecule has 0 aliphatic carbocycles. The highest BCUT2D eigenvalue weighted by Gasteiger charge is 2.02. The number of halogens is 1. The van der Waals surface area contributed by atoms with Crippen LogP contribution in [0, 0.1) is 0 Å². The van der Waals surface area contributed by atoms with Crippen molar-refractivity contribution in [2.75, 3.05) is 6.54 Å². The highest BCUT2D eigenvalue weighted by atomic mass is 35.5. The number of imidazole rings is 1. The maximum atomic E-state index is 5.90. The minimum atomic E-state index is 0.534. The van der Waals surface area contributed by atoms with E-state index in [9.17, 15) is 0 Å². The second-order valence-corrected chi connectivity index (χ2v) is 7.12. The van der Waals surface area contributed by atoms with Crippen molar-refractivity contribution < 1.29 is 4.74 Å². The van der Waals surface area contributed by atoms with Crippen molar-refractivity contribution in [2.45, 2.75) is 19.6 Å². The van der Waals surface area contributed by atoms with Gasteiger partial charge in [-0.15, -0.1) is 0 Å². The van der Waals surface area contributed by atoms with Crippen LogP contribution in [-0.2, 0) is 19.6 Å². The molecule has 0 atom stereocenters. The fourth-order valence-electron chi connectivity index (χ4n) is 3.01. The number of nitrogens with one attached hydrogen (secondary N) is 2. The third-order valence-electron chi connectivity index (χ3n) is 4.55. The van der Waals surface area contributed by atoms with E-state index < -0.39 is 0 Å². The summed E-state index contributed by atoms with van der Waals surface area (Å²) in [7, 11) is 0. The molecule has 28 heavy (non-hydrogen) atoms. The van der Waals surface area contributed by atoms with E-state index in [0.29, 0.717) is 6.61 Å². The molecule has 0 bridgehead atoms. The molecule has 3 aromatic carbocycles. The lowest BCUT2D eigenvalue weighted by molar-refractivity contribution is 0.306.